The van der Waals surface area contributed by atoms with Gasteiger partial charge in [0, 0.05) is 25.4 Å². The lowest BCUT2D eigenvalue weighted by molar-refractivity contribution is -0.129. The van der Waals surface area contributed by atoms with E-state index < -0.39 is 6.04 Å². The first-order valence-electron chi connectivity index (χ1n) is 10.4. The van der Waals surface area contributed by atoms with Crippen LogP contribution in [0.15, 0.2) is 59.4 Å². The van der Waals surface area contributed by atoms with Crippen molar-refractivity contribution in [2.45, 2.75) is 44.3 Å². The molecule has 1 heterocycles. The summed E-state index contributed by atoms with van der Waals surface area (Å²) in [5, 5.41) is 6.31. The van der Waals surface area contributed by atoms with E-state index in [2.05, 4.69) is 15.6 Å². The van der Waals surface area contributed by atoms with Crippen LogP contribution >= 0.6 is 12.2 Å². The molecule has 2 amide bonds. The standard InChI is InChI=1S/C23H24N4O3S/c28-20(12-13-27-22(30)17-8-4-5-9-18(17)26-23(27)31)25-19(21(29)24-16-10-11-16)14-15-6-2-1-3-7-15/h1-9,16,19H,10-14H2,(H,24,29)(H,25,28)(H,26,31). The van der Waals surface area contributed by atoms with Crippen LogP contribution in [-0.4, -0.2) is 33.4 Å². The Bertz CT molecular complexity index is 1210. The van der Waals surface area contributed by atoms with E-state index in [1.165, 1.54) is 4.57 Å². The topological polar surface area (TPSA) is 96.0 Å². The summed E-state index contributed by atoms with van der Waals surface area (Å²) in [4.78, 5) is 41.1. The lowest BCUT2D eigenvalue weighted by atomic mass is 10.0. The highest BCUT2D eigenvalue weighted by Crippen LogP contribution is 2.19. The first-order chi connectivity index (χ1) is 15.0. The molecule has 1 aliphatic carbocycles. The molecular formula is C23H24N4O3S. The number of aromatic nitrogens is 2. The first kappa shape index (κ1) is 21.0. The third-order valence-electron chi connectivity index (χ3n) is 5.31. The second kappa shape index (κ2) is 9.26. The number of aromatic amines is 1. The van der Waals surface area contributed by atoms with Gasteiger partial charge in [-0.15, -0.1) is 0 Å². The molecule has 1 aliphatic rings. The van der Waals surface area contributed by atoms with E-state index in [0.29, 0.717) is 17.3 Å². The van der Waals surface area contributed by atoms with Crippen molar-refractivity contribution in [2.24, 2.45) is 0 Å². The minimum absolute atomic E-state index is 0.0394. The monoisotopic (exact) mass is 436 g/mol. The van der Waals surface area contributed by atoms with Gasteiger partial charge in [0.15, 0.2) is 4.77 Å². The van der Waals surface area contributed by atoms with Gasteiger partial charge in [0.1, 0.15) is 6.04 Å². The fourth-order valence-corrected chi connectivity index (χ4v) is 3.75. The Hall–Kier alpha value is -3.26. The molecule has 1 atom stereocenters. The highest BCUT2D eigenvalue weighted by atomic mass is 32.1. The predicted molar refractivity (Wildman–Crippen MR) is 121 cm³/mol. The molecule has 0 spiro atoms. The Morgan fingerprint density at radius 2 is 1.81 bits per heavy atom. The zero-order valence-electron chi connectivity index (χ0n) is 17.0. The summed E-state index contributed by atoms with van der Waals surface area (Å²) in [6.45, 7) is 0.132. The van der Waals surface area contributed by atoms with Crippen LogP contribution in [0.25, 0.3) is 10.9 Å². The Labute approximate surface area is 184 Å². The largest absolute Gasteiger partial charge is 0.352 e. The van der Waals surface area contributed by atoms with E-state index in [1.807, 2.05) is 36.4 Å². The zero-order valence-corrected chi connectivity index (χ0v) is 17.8. The highest BCUT2D eigenvalue weighted by Gasteiger charge is 2.28. The van der Waals surface area contributed by atoms with Crippen LogP contribution in [0.2, 0.25) is 0 Å². The molecule has 0 aliphatic heterocycles. The van der Waals surface area contributed by atoms with Crippen molar-refractivity contribution in [3.05, 3.63) is 75.3 Å². The van der Waals surface area contributed by atoms with Crippen molar-refractivity contribution >= 4 is 34.9 Å². The van der Waals surface area contributed by atoms with E-state index in [-0.39, 0.29) is 41.2 Å². The third-order valence-corrected chi connectivity index (χ3v) is 5.63. The van der Waals surface area contributed by atoms with Crippen LogP contribution in [0.4, 0.5) is 0 Å². The second-order valence-corrected chi connectivity index (χ2v) is 8.16. The quantitative estimate of drug-likeness (QED) is 0.473. The molecule has 31 heavy (non-hydrogen) atoms. The van der Waals surface area contributed by atoms with Gasteiger partial charge in [0.05, 0.1) is 10.9 Å². The molecule has 1 saturated carbocycles. The summed E-state index contributed by atoms with van der Waals surface area (Å²) in [5.41, 5.74) is 1.39. The maximum atomic E-state index is 12.7. The number of benzene rings is 2. The summed E-state index contributed by atoms with van der Waals surface area (Å²) in [7, 11) is 0. The number of H-pyrrole nitrogens is 1. The van der Waals surface area contributed by atoms with E-state index in [1.54, 1.807) is 18.2 Å². The molecule has 1 aromatic heterocycles. The molecule has 0 saturated heterocycles. The molecule has 7 nitrogen and oxygen atoms in total. The van der Waals surface area contributed by atoms with Crippen molar-refractivity contribution in [1.29, 1.82) is 0 Å². The summed E-state index contributed by atoms with van der Waals surface area (Å²) in [5.74, 6) is -0.485. The molecule has 3 N–H and O–H groups in total. The zero-order chi connectivity index (χ0) is 21.8. The molecule has 160 valence electrons. The second-order valence-electron chi connectivity index (χ2n) is 7.78. The van der Waals surface area contributed by atoms with Gasteiger partial charge in [-0.1, -0.05) is 42.5 Å². The minimum atomic E-state index is -0.668. The average Bonchev–Trinajstić information content (AvgIpc) is 3.58. The highest BCUT2D eigenvalue weighted by molar-refractivity contribution is 7.71. The number of hydrogen-bond acceptors (Lipinski definition) is 4. The molecule has 8 heteroatoms. The fourth-order valence-electron chi connectivity index (χ4n) is 3.47. The SMILES string of the molecule is O=C(CCn1c(=S)[nH]c2ccccc2c1=O)NC(Cc1ccccc1)C(=O)NC1CC1. The summed E-state index contributed by atoms with van der Waals surface area (Å²) >= 11 is 5.30. The Balaban J connectivity index is 1.45. The molecule has 4 rings (SSSR count). The minimum Gasteiger partial charge on any atom is -0.352 e. The Kier molecular flexibility index (Phi) is 6.27. The Morgan fingerprint density at radius 1 is 1.10 bits per heavy atom. The van der Waals surface area contributed by atoms with Crippen LogP contribution in [0.1, 0.15) is 24.8 Å². The van der Waals surface area contributed by atoms with Crippen LogP contribution in [-0.2, 0) is 22.6 Å². The molecular weight excluding hydrogens is 412 g/mol. The number of carbonyl (C=O) groups excluding carboxylic acids is 2. The lowest BCUT2D eigenvalue weighted by Crippen LogP contribution is -2.48. The van der Waals surface area contributed by atoms with Gasteiger partial charge in [-0.25, -0.2) is 0 Å². The van der Waals surface area contributed by atoms with E-state index in [4.69, 9.17) is 12.2 Å². The van der Waals surface area contributed by atoms with Crippen molar-refractivity contribution in [1.82, 2.24) is 20.2 Å². The summed E-state index contributed by atoms with van der Waals surface area (Å²) in [6, 6.07) is 16.2. The van der Waals surface area contributed by atoms with E-state index >= 15 is 0 Å². The smallest absolute Gasteiger partial charge is 0.262 e. The molecule has 0 radical (unpaired) electrons. The van der Waals surface area contributed by atoms with Gasteiger partial charge in [-0.3, -0.25) is 19.0 Å². The predicted octanol–water partition coefficient (Wildman–Crippen LogP) is 2.46. The molecule has 2 aromatic carbocycles. The maximum Gasteiger partial charge on any atom is 0.262 e. The molecule has 1 fully saturated rings. The summed E-state index contributed by atoms with van der Waals surface area (Å²) < 4.78 is 1.65. The first-order valence-corrected chi connectivity index (χ1v) is 10.8. The van der Waals surface area contributed by atoms with E-state index in [0.717, 1.165) is 18.4 Å². The number of carbonyl (C=O) groups is 2. The number of nitrogens with one attached hydrogen (secondary N) is 3. The number of fused-ring (bicyclic) bond motifs is 1. The van der Waals surface area contributed by atoms with Crippen LogP contribution in [0.5, 0.6) is 0 Å². The normalized spacial score (nSPS) is 14.2. The van der Waals surface area contributed by atoms with Crippen LogP contribution in [0.3, 0.4) is 0 Å². The number of para-hydroxylation sites is 1. The average molecular weight is 437 g/mol. The van der Waals surface area contributed by atoms with Crippen molar-refractivity contribution in [3.63, 3.8) is 0 Å². The molecule has 0 bridgehead atoms. The summed E-state index contributed by atoms with van der Waals surface area (Å²) in [6.07, 6.45) is 2.39. The third kappa shape index (κ3) is 5.27. The Morgan fingerprint density at radius 3 is 2.55 bits per heavy atom. The van der Waals surface area contributed by atoms with Crippen molar-refractivity contribution in [2.75, 3.05) is 0 Å². The van der Waals surface area contributed by atoms with Crippen molar-refractivity contribution in [3.8, 4) is 0 Å². The number of nitrogens with zero attached hydrogens (tertiary/aromatic N) is 1. The lowest BCUT2D eigenvalue weighted by Gasteiger charge is -2.19. The van der Waals surface area contributed by atoms with Gasteiger partial charge in [0.2, 0.25) is 11.8 Å². The fraction of sp³-hybridized carbons (Fsp3) is 0.304. The number of rotatable bonds is 8. The van der Waals surface area contributed by atoms with Gasteiger partial charge in [-0.05, 0) is 42.8 Å². The van der Waals surface area contributed by atoms with E-state index in [9.17, 15) is 14.4 Å². The number of amides is 2. The molecule has 1 unspecified atom stereocenters. The van der Waals surface area contributed by atoms with Crippen LogP contribution in [0, 0.1) is 4.77 Å². The van der Waals surface area contributed by atoms with Crippen LogP contribution < -0.4 is 16.2 Å². The van der Waals surface area contributed by atoms with Gasteiger partial charge < -0.3 is 15.6 Å². The van der Waals surface area contributed by atoms with Crippen molar-refractivity contribution < 1.29 is 9.59 Å². The maximum absolute atomic E-state index is 12.7. The van der Waals surface area contributed by atoms with Gasteiger partial charge in [0.25, 0.3) is 5.56 Å². The van der Waals surface area contributed by atoms with Gasteiger partial charge in [-0.2, -0.15) is 0 Å². The molecule has 3 aromatic rings. The van der Waals surface area contributed by atoms with Gasteiger partial charge >= 0.3 is 0 Å². The number of hydrogen-bond donors (Lipinski definition) is 3.